The first-order valence-corrected chi connectivity index (χ1v) is 5.84. The predicted molar refractivity (Wildman–Crippen MR) is 62.6 cm³/mol. The maximum Gasteiger partial charge on any atom is 0.223 e. The first-order chi connectivity index (χ1) is 6.88. The van der Waals surface area contributed by atoms with Crippen molar-refractivity contribution in [2.45, 2.75) is 53.6 Å². The van der Waals surface area contributed by atoms with Gasteiger partial charge in [0.25, 0.3) is 0 Å². The van der Waals surface area contributed by atoms with Crippen molar-refractivity contribution < 1.29 is 9.90 Å². The molecule has 1 heterocycles. The molecule has 0 bridgehead atoms. The standard InChI is InChI=1S/C10H19NO2.C2H6/c1-10(2,3)6-9(13)11-5-4-8(12)7-11;1-2/h8,12H,4-7H2,1-3H3;1-2H3. The van der Waals surface area contributed by atoms with Crippen LogP contribution in [0.3, 0.4) is 0 Å². The first kappa shape index (κ1) is 14.4. The van der Waals surface area contributed by atoms with Gasteiger partial charge in [0.15, 0.2) is 0 Å². The molecule has 1 amide bonds. The summed E-state index contributed by atoms with van der Waals surface area (Å²) in [4.78, 5) is 13.4. The average Bonchev–Trinajstić information content (AvgIpc) is 2.52. The number of amides is 1. The third-order valence-corrected chi connectivity index (χ3v) is 2.20. The predicted octanol–water partition coefficient (Wildman–Crippen LogP) is 2.04. The molecule has 1 fully saturated rings. The molecule has 3 nitrogen and oxygen atoms in total. The Hall–Kier alpha value is -0.570. The number of aliphatic hydroxyl groups excluding tert-OH is 1. The number of carbonyl (C=O) groups is 1. The Balaban J connectivity index is 0.000000921. The van der Waals surface area contributed by atoms with E-state index in [1.165, 1.54) is 0 Å². The molecule has 15 heavy (non-hydrogen) atoms. The Kier molecular flexibility index (Phi) is 5.88. The van der Waals surface area contributed by atoms with E-state index in [4.69, 9.17) is 0 Å². The molecule has 1 saturated heterocycles. The Bertz CT molecular complexity index is 196. The van der Waals surface area contributed by atoms with Crippen LogP contribution in [0.5, 0.6) is 0 Å². The number of hydrogen-bond acceptors (Lipinski definition) is 2. The van der Waals surface area contributed by atoms with Crippen LogP contribution < -0.4 is 0 Å². The van der Waals surface area contributed by atoms with Crippen molar-refractivity contribution in [2.75, 3.05) is 13.1 Å². The Morgan fingerprint density at radius 3 is 2.27 bits per heavy atom. The number of nitrogens with zero attached hydrogens (tertiary/aromatic N) is 1. The fourth-order valence-electron chi connectivity index (χ4n) is 1.53. The second-order valence-corrected chi connectivity index (χ2v) is 5.02. The van der Waals surface area contributed by atoms with Crippen molar-refractivity contribution >= 4 is 5.91 Å². The summed E-state index contributed by atoms with van der Waals surface area (Å²) in [6, 6.07) is 0. The first-order valence-electron chi connectivity index (χ1n) is 5.84. The van der Waals surface area contributed by atoms with E-state index in [9.17, 15) is 9.90 Å². The minimum absolute atomic E-state index is 0.0463. The van der Waals surface area contributed by atoms with Gasteiger partial charge in [-0.3, -0.25) is 4.79 Å². The maximum atomic E-state index is 11.6. The van der Waals surface area contributed by atoms with Crippen LogP contribution in [-0.4, -0.2) is 35.1 Å². The lowest BCUT2D eigenvalue weighted by molar-refractivity contribution is -0.132. The van der Waals surface area contributed by atoms with Gasteiger partial charge >= 0.3 is 0 Å². The highest BCUT2D eigenvalue weighted by Gasteiger charge is 2.27. The molecule has 1 aliphatic rings. The molecule has 1 atom stereocenters. The topological polar surface area (TPSA) is 40.5 Å². The number of hydrogen-bond donors (Lipinski definition) is 1. The summed E-state index contributed by atoms with van der Waals surface area (Å²) >= 11 is 0. The van der Waals surface area contributed by atoms with Crippen LogP contribution in [0.4, 0.5) is 0 Å². The lowest BCUT2D eigenvalue weighted by Gasteiger charge is -2.22. The van der Waals surface area contributed by atoms with Crippen molar-refractivity contribution in [2.24, 2.45) is 5.41 Å². The van der Waals surface area contributed by atoms with Crippen molar-refractivity contribution in [1.82, 2.24) is 4.90 Å². The summed E-state index contributed by atoms with van der Waals surface area (Å²) in [7, 11) is 0. The lowest BCUT2D eigenvalue weighted by atomic mass is 9.92. The molecular weight excluding hydrogens is 190 g/mol. The van der Waals surface area contributed by atoms with Gasteiger partial charge in [0.2, 0.25) is 5.91 Å². The minimum Gasteiger partial charge on any atom is -0.391 e. The van der Waals surface area contributed by atoms with Crippen molar-refractivity contribution in [3.63, 3.8) is 0 Å². The fraction of sp³-hybridized carbons (Fsp3) is 0.917. The smallest absolute Gasteiger partial charge is 0.223 e. The van der Waals surface area contributed by atoms with Gasteiger partial charge in [0.1, 0.15) is 0 Å². The van der Waals surface area contributed by atoms with Crippen LogP contribution in [0.1, 0.15) is 47.5 Å². The molecular formula is C12H25NO2. The molecule has 3 heteroatoms. The third kappa shape index (κ3) is 5.78. The van der Waals surface area contributed by atoms with Crippen LogP contribution in [0, 0.1) is 5.41 Å². The molecule has 1 N–H and O–H groups in total. The van der Waals surface area contributed by atoms with Gasteiger partial charge < -0.3 is 10.0 Å². The third-order valence-electron chi connectivity index (χ3n) is 2.20. The summed E-state index contributed by atoms with van der Waals surface area (Å²) in [6.45, 7) is 11.4. The summed E-state index contributed by atoms with van der Waals surface area (Å²) in [5.41, 5.74) is 0.0463. The van der Waals surface area contributed by atoms with Crippen LogP contribution in [-0.2, 0) is 4.79 Å². The zero-order chi connectivity index (χ0) is 12.1. The van der Waals surface area contributed by atoms with Crippen molar-refractivity contribution in [3.05, 3.63) is 0 Å². The largest absolute Gasteiger partial charge is 0.391 e. The monoisotopic (exact) mass is 215 g/mol. The van der Waals surface area contributed by atoms with Crippen LogP contribution >= 0.6 is 0 Å². The number of likely N-dealkylation sites (tertiary alicyclic amines) is 1. The van der Waals surface area contributed by atoms with Crippen molar-refractivity contribution in [3.8, 4) is 0 Å². The van der Waals surface area contributed by atoms with E-state index in [-0.39, 0.29) is 17.4 Å². The molecule has 1 unspecified atom stereocenters. The molecule has 1 rings (SSSR count). The number of rotatable bonds is 1. The molecule has 0 aliphatic carbocycles. The Labute approximate surface area is 93.5 Å². The van der Waals surface area contributed by atoms with E-state index in [0.29, 0.717) is 13.0 Å². The molecule has 90 valence electrons. The molecule has 0 aromatic heterocycles. The van der Waals surface area contributed by atoms with Gasteiger partial charge in [-0.15, -0.1) is 0 Å². The van der Waals surface area contributed by atoms with Crippen molar-refractivity contribution in [1.29, 1.82) is 0 Å². The molecule has 0 aromatic carbocycles. The number of carbonyl (C=O) groups excluding carboxylic acids is 1. The second-order valence-electron chi connectivity index (χ2n) is 5.02. The quantitative estimate of drug-likeness (QED) is 0.727. The van der Waals surface area contributed by atoms with Crippen LogP contribution in [0.15, 0.2) is 0 Å². The lowest BCUT2D eigenvalue weighted by Crippen LogP contribution is -2.32. The summed E-state index contributed by atoms with van der Waals surface area (Å²) in [5.74, 6) is 0.170. The highest BCUT2D eigenvalue weighted by atomic mass is 16.3. The van der Waals surface area contributed by atoms with E-state index < -0.39 is 0 Å². The Morgan fingerprint density at radius 2 is 1.93 bits per heavy atom. The van der Waals surface area contributed by atoms with E-state index in [2.05, 4.69) is 20.8 Å². The van der Waals surface area contributed by atoms with E-state index >= 15 is 0 Å². The number of β-amino-alcohol motifs (C(OH)–C–C–N with tert-alkyl or cyclic N) is 1. The summed E-state index contributed by atoms with van der Waals surface area (Å²) in [5, 5.41) is 9.25. The zero-order valence-corrected chi connectivity index (χ0v) is 10.7. The SMILES string of the molecule is CC.CC(C)(C)CC(=O)N1CCC(O)C1. The average molecular weight is 215 g/mol. The number of aliphatic hydroxyl groups is 1. The molecule has 0 spiro atoms. The molecule has 1 aliphatic heterocycles. The van der Waals surface area contributed by atoms with Gasteiger partial charge in [-0.2, -0.15) is 0 Å². The normalized spacial score (nSPS) is 20.9. The minimum atomic E-state index is -0.302. The Morgan fingerprint density at radius 1 is 1.40 bits per heavy atom. The zero-order valence-electron chi connectivity index (χ0n) is 10.7. The molecule has 0 radical (unpaired) electrons. The van der Waals surface area contributed by atoms with Crippen LogP contribution in [0.25, 0.3) is 0 Å². The van der Waals surface area contributed by atoms with Gasteiger partial charge in [-0.25, -0.2) is 0 Å². The fourth-order valence-corrected chi connectivity index (χ4v) is 1.53. The van der Waals surface area contributed by atoms with Crippen LogP contribution in [0.2, 0.25) is 0 Å². The van der Waals surface area contributed by atoms with E-state index in [1.807, 2.05) is 13.8 Å². The molecule has 0 aromatic rings. The maximum absolute atomic E-state index is 11.6. The van der Waals surface area contributed by atoms with Gasteiger partial charge in [-0.05, 0) is 11.8 Å². The van der Waals surface area contributed by atoms with Gasteiger partial charge in [-0.1, -0.05) is 34.6 Å². The van der Waals surface area contributed by atoms with E-state index in [1.54, 1.807) is 4.90 Å². The van der Waals surface area contributed by atoms with Gasteiger partial charge in [0, 0.05) is 19.5 Å². The highest BCUT2D eigenvalue weighted by Crippen LogP contribution is 2.21. The second kappa shape index (κ2) is 6.11. The van der Waals surface area contributed by atoms with Gasteiger partial charge in [0.05, 0.1) is 6.10 Å². The molecule has 0 saturated carbocycles. The van der Waals surface area contributed by atoms with E-state index in [0.717, 1.165) is 13.0 Å². The summed E-state index contributed by atoms with van der Waals surface area (Å²) in [6.07, 6.45) is 0.999. The highest BCUT2D eigenvalue weighted by molar-refractivity contribution is 5.77. The summed E-state index contributed by atoms with van der Waals surface area (Å²) < 4.78 is 0.